The largest absolute Gasteiger partial charge is 0.248 e. The number of hydrogen-bond acceptors (Lipinski definition) is 3. The van der Waals surface area contributed by atoms with Gasteiger partial charge in [0.1, 0.15) is 5.82 Å². The van der Waals surface area contributed by atoms with Crippen LogP contribution in [0.3, 0.4) is 0 Å². The molecule has 1 unspecified atom stereocenters. The van der Waals surface area contributed by atoms with Gasteiger partial charge in [-0.2, -0.15) is 4.37 Å². The SMILES string of the molecule is FC1(F)CCCC(c2nsc(Cl)n2)C1. The first-order chi connectivity index (χ1) is 6.57. The van der Waals surface area contributed by atoms with Gasteiger partial charge in [-0.15, -0.1) is 0 Å². The molecule has 0 aromatic carbocycles. The van der Waals surface area contributed by atoms with Gasteiger partial charge in [-0.25, -0.2) is 13.8 Å². The van der Waals surface area contributed by atoms with E-state index in [1.165, 1.54) is 0 Å². The Labute approximate surface area is 89.5 Å². The van der Waals surface area contributed by atoms with Crippen LogP contribution in [0.5, 0.6) is 0 Å². The van der Waals surface area contributed by atoms with Crippen LogP contribution in [0.25, 0.3) is 0 Å². The quantitative estimate of drug-likeness (QED) is 0.749. The minimum Gasteiger partial charge on any atom is -0.208 e. The Balaban J connectivity index is 2.12. The number of halogens is 3. The third-order valence-electron chi connectivity index (χ3n) is 2.42. The van der Waals surface area contributed by atoms with Crippen molar-refractivity contribution in [1.82, 2.24) is 9.36 Å². The van der Waals surface area contributed by atoms with Gasteiger partial charge in [0.05, 0.1) is 0 Å². The molecule has 14 heavy (non-hydrogen) atoms. The van der Waals surface area contributed by atoms with Gasteiger partial charge in [-0.05, 0) is 36.0 Å². The van der Waals surface area contributed by atoms with Crippen molar-refractivity contribution in [2.45, 2.75) is 37.5 Å². The van der Waals surface area contributed by atoms with Gasteiger partial charge in [0.25, 0.3) is 0 Å². The zero-order valence-corrected chi connectivity index (χ0v) is 8.91. The monoisotopic (exact) mass is 238 g/mol. The molecule has 0 amide bonds. The molecule has 1 aliphatic carbocycles. The van der Waals surface area contributed by atoms with Gasteiger partial charge >= 0.3 is 0 Å². The Hall–Kier alpha value is -0.290. The number of hydrogen-bond donors (Lipinski definition) is 0. The predicted octanol–water partition coefficient (Wildman–Crippen LogP) is 3.48. The maximum atomic E-state index is 13.1. The third kappa shape index (κ3) is 2.20. The van der Waals surface area contributed by atoms with E-state index in [4.69, 9.17) is 11.6 Å². The van der Waals surface area contributed by atoms with E-state index < -0.39 is 5.92 Å². The van der Waals surface area contributed by atoms with Crippen molar-refractivity contribution in [1.29, 1.82) is 0 Å². The summed E-state index contributed by atoms with van der Waals surface area (Å²) in [6.07, 6.45) is 1.12. The van der Waals surface area contributed by atoms with Gasteiger partial charge in [0.15, 0.2) is 0 Å². The molecule has 0 spiro atoms. The second kappa shape index (κ2) is 3.70. The minimum atomic E-state index is -2.55. The van der Waals surface area contributed by atoms with Gasteiger partial charge in [-0.3, -0.25) is 0 Å². The first-order valence-corrected chi connectivity index (χ1v) is 5.59. The van der Waals surface area contributed by atoms with Crippen molar-refractivity contribution in [2.24, 2.45) is 0 Å². The lowest BCUT2D eigenvalue weighted by Gasteiger charge is -2.26. The zero-order valence-electron chi connectivity index (χ0n) is 7.34. The summed E-state index contributed by atoms with van der Waals surface area (Å²) in [5.41, 5.74) is 0. The molecule has 1 aromatic heterocycles. The highest BCUT2D eigenvalue weighted by Crippen LogP contribution is 2.41. The Morgan fingerprint density at radius 3 is 2.86 bits per heavy atom. The number of aromatic nitrogens is 2. The molecule has 1 aliphatic rings. The minimum absolute atomic E-state index is 0.0125. The van der Waals surface area contributed by atoms with Crippen molar-refractivity contribution in [3.05, 3.63) is 10.3 Å². The van der Waals surface area contributed by atoms with Crippen LogP contribution in [0.15, 0.2) is 0 Å². The van der Waals surface area contributed by atoms with E-state index in [-0.39, 0.29) is 18.8 Å². The van der Waals surface area contributed by atoms with Crippen LogP contribution in [-0.4, -0.2) is 15.3 Å². The lowest BCUT2D eigenvalue weighted by atomic mass is 9.86. The van der Waals surface area contributed by atoms with E-state index in [2.05, 4.69) is 9.36 Å². The van der Waals surface area contributed by atoms with Gasteiger partial charge in [0, 0.05) is 18.8 Å². The standard InChI is InChI=1S/C8H9ClF2N2S/c9-7-12-6(13-14-7)5-2-1-3-8(10,11)4-5/h5H,1-4H2. The molecular formula is C8H9ClF2N2S. The van der Waals surface area contributed by atoms with Crippen molar-refractivity contribution >= 4 is 23.1 Å². The second-order valence-corrected chi connectivity index (χ2v) is 4.89. The lowest BCUT2D eigenvalue weighted by molar-refractivity contribution is -0.0416. The smallest absolute Gasteiger partial charge is 0.208 e. The van der Waals surface area contributed by atoms with Crippen LogP contribution in [0.2, 0.25) is 4.47 Å². The zero-order chi connectivity index (χ0) is 10.2. The Bertz CT molecular complexity index is 329. The molecule has 0 saturated heterocycles. The van der Waals surface area contributed by atoms with E-state index >= 15 is 0 Å². The van der Waals surface area contributed by atoms with Crippen LogP contribution < -0.4 is 0 Å². The molecule has 1 atom stereocenters. The summed E-state index contributed by atoms with van der Waals surface area (Å²) >= 11 is 6.67. The molecule has 0 aliphatic heterocycles. The van der Waals surface area contributed by atoms with Crippen LogP contribution in [0, 0.1) is 0 Å². The fourth-order valence-corrected chi connectivity index (χ4v) is 2.46. The molecule has 1 saturated carbocycles. The molecular weight excluding hydrogens is 230 g/mol. The molecule has 78 valence electrons. The van der Waals surface area contributed by atoms with Crippen LogP contribution >= 0.6 is 23.1 Å². The summed E-state index contributed by atoms with van der Waals surface area (Å²) < 4.78 is 30.4. The molecule has 0 N–H and O–H groups in total. The average molecular weight is 239 g/mol. The molecule has 2 nitrogen and oxygen atoms in total. The summed E-state index contributed by atoms with van der Waals surface area (Å²) in [5, 5.41) is 0. The number of rotatable bonds is 1. The average Bonchev–Trinajstić information content (AvgIpc) is 2.50. The topological polar surface area (TPSA) is 25.8 Å². The fourth-order valence-electron chi connectivity index (χ4n) is 1.77. The van der Waals surface area contributed by atoms with E-state index in [0.717, 1.165) is 18.0 Å². The van der Waals surface area contributed by atoms with Crippen molar-refractivity contribution in [3.8, 4) is 0 Å². The van der Waals surface area contributed by atoms with Gasteiger partial charge in [0.2, 0.25) is 10.4 Å². The molecule has 2 rings (SSSR count). The van der Waals surface area contributed by atoms with Crippen LogP contribution in [0.1, 0.15) is 37.4 Å². The summed E-state index contributed by atoms with van der Waals surface area (Å²) in [7, 11) is 0. The predicted molar refractivity (Wildman–Crippen MR) is 51.1 cm³/mol. The summed E-state index contributed by atoms with van der Waals surface area (Å²) in [6.45, 7) is 0. The molecule has 1 aromatic rings. The summed E-state index contributed by atoms with van der Waals surface area (Å²) in [6, 6.07) is 0. The molecule has 1 heterocycles. The highest BCUT2D eigenvalue weighted by atomic mass is 35.5. The number of nitrogens with zero attached hydrogens (tertiary/aromatic N) is 2. The normalized spacial score (nSPS) is 26.4. The van der Waals surface area contributed by atoms with Crippen molar-refractivity contribution in [2.75, 3.05) is 0 Å². The maximum Gasteiger partial charge on any atom is 0.248 e. The summed E-state index contributed by atoms with van der Waals surface area (Å²) in [5.74, 6) is -2.29. The highest BCUT2D eigenvalue weighted by Gasteiger charge is 2.38. The van der Waals surface area contributed by atoms with E-state index in [1.807, 2.05) is 0 Å². The highest BCUT2D eigenvalue weighted by molar-refractivity contribution is 7.10. The third-order valence-corrected chi connectivity index (χ3v) is 3.23. The lowest BCUT2D eigenvalue weighted by Crippen LogP contribution is -2.25. The van der Waals surface area contributed by atoms with Gasteiger partial charge in [-0.1, -0.05) is 0 Å². The van der Waals surface area contributed by atoms with Crippen LogP contribution in [-0.2, 0) is 0 Å². The van der Waals surface area contributed by atoms with Crippen molar-refractivity contribution in [3.63, 3.8) is 0 Å². The Morgan fingerprint density at radius 2 is 2.29 bits per heavy atom. The van der Waals surface area contributed by atoms with E-state index in [9.17, 15) is 8.78 Å². The van der Waals surface area contributed by atoms with Gasteiger partial charge < -0.3 is 0 Å². The van der Waals surface area contributed by atoms with Crippen LogP contribution in [0.4, 0.5) is 8.78 Å². The first-order valence-electron chi connectivity index (χ1n) is 4.44. The fraction of sp³-hybridized carbons (Fsp3) is 0.750. The molecule has 0 radical (unpaired) electrons. The maximum absolute atomic E-state index is 13.1. The first kappa shape index (κ1) is 10.2. The molecule has 1 fully saturated rings. The van der Waals surface area contributed by atoms with E-state index in [1.54, 1.807) is 0 Å². The van der Waals surface area contributed by atoms with Crippen molar-refractivity contribution < 1.29 is 8.78 Å². The molecule has 6 heteroatoms. The summed E-state index contributed by atoms with van der Waals surface area (Å²) in [4.78, 5) is 3.94. The molecule has 0 bridgehead atoms. The van der Waals surface area contributed by atoms with E-state index in [0.29, 0.717) is 16.7 Å². The Kier molecular flexibility index (Phi) is 2.70. The second-order valence-electron chi connectivity index (χ2n) is 3.55. The Morgan fingerprint density at radius 1 is 1.50 bits per heavy atom. The number of alkyl halides is 2.